The van der Waals surface area contributed by atoms with Crippen LogP contribution < -0.4 is 10.6 Å². The average molecular weight is 453 g/mol. The molecule has 3 N–H and O–H groups in total. The highest BCUT2D eigenvalue weighted by molar-refractivity contribution is 5.82. The van der Waals surface area contributed by atoms with Gasteiger partial charge in [-0.1, -0.05) is 48.5 Å². The van der Waals surface area contributed by atoms with Crippen LogP contribution in [0.1, 0.15) is 29.9 Å². The van der Waals surface area contributed by atoms with Crippen LogP contribution in [0.25, 0.3) is 11.1 Å². The number of hydrogen-bond donors (Lipinski definition) is 3. The first-order chi connectivity index (χ1) is 16.0. The molecule has 2 aliphatic carbocycles. The summed E-state index contributed by atoms with van der Waals surface area (Å²) in [5, 5.41) is 14.3. The zero-order valence-corrected chi connectivity index (χ0v) is 18.5. The van der Waals surface area contributed by atoms with Gasteiger partial charge in [0.25, 0.3) is 0 Å². The van der Waals surface area contributed by atoms with Crippen molar-refractivity contribution in [3.8, 4) is 11.1 Å². The van der Waals surface area contributed by atoms with Gasteiger partial charge in [0.1, 0.15) is 6.61 Å². The molecule has 2 amide bonds. The summed E-state index contributed by atoms with van der Waals surface area (Å²) in [5.74, 6) is -1.27. The highest BCUT2D eigenvalue weighted by Gasteiger charge is 2.43. The van der Waals surface area contributed by atoms with Gasteiger partial charge in [-0.25, -0.2) is 4.79 Å². The number of amides is 2. The van der Waals surface area contributed by atoms with Gasteiger partial charge in [-0.2, -0.15) is 0 Å². The smallest absolute Gasteiger partial charge is 0.407 e. The summed E-state index contributed by atoms with van der Waals surface area (Å²) in [7, 11) is 1.41. The summed E-state index contributed by atoms with van der Waals surface area (Å²) in [4.78, 5) is 35.3. The Balaban J connectivity index is 1.21. The van der Waals surface area contributed by atoms with Gasteiger partial charge in [0.2, 0.25) is 5.91 Å². The maximum atomic E-state index is 12.3. The van der Waals surface area contributed by atoms with E-state index in [0.717, 1.165) is 11.1 Å². The number of carboxylic acid groups (broad SMARTS) is 1. The molecule has 2 aromatic rings. The Bertz CT molecular complexity index is 994. The Morgan fingerprint density at radius 1 is 1.03 bits per heavy atom. The molecule has 0 spiro atoms. The number of alkyl carbamates (subject to hydrolysis) is 1. The molecule has 0 bridgehead atoms. The zero-order chi connectivity index (χ0) is 23.4. The molecule has 0 saturated heterocycles. The molecule has 33 heavy (non-hydrogen) atoms. The maximum Gasteiger partial charge on any atom is 0.407 e. The van der Waals surface area contributed by atoms with E-state index in [4.69, 9.17) is 14.6 Å². The lowest BCUT2D eigenvalue weighted by Crippen LogP contribution is -2.36. The standard InChI is InChI=1S/C25H28N2O6/c1-32-16(11-23(28)29)13-26-24(30)21-10-15(21)12-27-25(31)33-14-22-19-8-4-2-6-17(19)18-7-3-5-9-20(18)22/h2-9,15-16,21-22H,10-14H2,1H3,(H,26,30)(H,27,31)(H,28,29)/t15-,16?,21-/m0/s1. The van der Waals surface area contributed by atoms with Crippen LogP contribution in [-0.2, 0) is 19.1 Å². The average Bonchev–Trinajstić information content (AvgIpc) is 3.53. The first kappa shape index (κ1) is 22.8. The van der Waals surface area contributed by atoms with Crippen LogP contribution in [0.4, 0.5) is 4.79 Å². The molecular weight excluding hydrogens is 424 g/mol. The van der Waals surface area contributed by atoms with Gasteiger partial charge < -0.3 is 25.2 Å². The summed E-state index contributed by atoms with van der Waals surface area (Å²) < 4.78 is 10.6. The van der Waals surface area contributed by atoms with Gasteiger partial charge in [-0.05, 0) is 34.6 Å². The number of aliphatic carboxylic acids is 1. The molecule has 2 aromatic carbocycles. The van der Waals surface area contributed by atoms with Crippen molar-refractivity contribution in [2.24, 2.45) is 11.8 Å². The van der Waals surface area contributed by atoms with E-state index in [1.165, 1.54) is 18.2 Å². The lowest BCUT2D eigenvalue weighted by molar-refractivity contribution is -0.140. The first-order valence-corrected chi connectivity index (χ1v) is 11.1. The molecule has 3 atom stereocenters. The number of carbonyl (C=O) groups is 3. The number of carboxylic acids is 1. The van der Waals surface area contributed by atoms with E-state index in [0.29, 0.717) is 13.0 Å². The number of rotatable bonds is 10. The molecule has 0 radical (unpaired) electrons. The minimum absolute atomic E-state index is 0.00198. The molecule has 8 nitrogen and oxygen atoms in total. The summed E-state index contributed by atoms with van der Waals surface area (Å²) >= 11 is 0. The van der Waals surface area contributed by atoms with Crippen LogP contribution >= 0.6 is 0 Å². The lowest BCUT2D eigenvalue weighted by Gasteiger charge is -2.15. The van der Waals surface area contributed by atoms with Crippen molar-refractivity contribution in [1.82, 2.24) is 10.6 Å². The van der Waals surface area contributed by atoms with Crippen LogP contribution in [0.15, 0.2) is 48.5 Å². The summed E-state index contributed by atoms with van der Waals surface area (Å²) in [6.07, 6.45) is -0.563. The van der Waals surface area contributed by atoms with Gasteiger partial charge in [-0.15, -0.1) is 0 Å². The van der Waals surface area contributed by atoms with Crippen LogP contribution in [0.5, 0.6) is 0 Å². The highest BCUT2D eigenvalue weighted by Crippen LogP contribution is 2.44. The molecule has 0 aliphatic heterocycles. The Kier molecular flexibility index (Phi) is 6.93. The van der Waals surface area contributed by atoms with Crippen LogP contribution in [-0.4, -0.2) is 56.0 Å². The monoisotopic (exact) mass is 452 g/mol. The van der Waals surface area contributed by atoms with E-state index in [1.54, 1.807) is 0 Å². The van der Waals surface area contributed by atoms with E-state index in [2.05, 4.69) is 34.9 Å². The predicted octanol–water partition coefficient (Wildman–Crippen LogP) is 2.77. The topological polar surface area (TPSA) is 114 Å². The van der Waals surface area contributed by atoms with Crippen molar-refractivity contribution in [3.05, 3.63) is 59.7 Å². The van der Waals surface area contributed by atoms with Crippen molar-refractivity contribution >= 4 is 18.0 Å². The number of methoxy groups -OCH3 is 1. The molecule has 1 saturated carbocycles. The number of fused-ring (bicyclic) bond motifs is 3. The largest absolute Gasteiger partial charge is 0.481 e. The fourth-order valence-corrected chi connectivity index (χ4v) is 4.44. The number of benzene rings is 2. The minimum Gasteiger partial charge on any atom is -0.481 e. The van der Waals surface area contributed by atoms with Crippen molar-refractivity contribution in [1.29, 1.82) is 0 Å². The molecule has 4 rings (SSSR count). The Hall–Kier alpha value is -3.39. The number of hydrogen-bond acceptors (Lipinski definition) is 5. The third-order valence-electron chi connectivity index (χ3n) is 6.35. The van der Waals surface area contributed by atoms with Crippen LogP contribution in [0.2, 0.25) is 0 Å². The summed E-state index contributed by atoms with van der Waals surface area (Å²) in [5.41, 5.74) is 4.66. The number of carbonyl (C=O) groups excluding carboxylic acids is 2. The Labute approximate surface area is 192 Å². The first-order valence-electron chi connectivity index (χ1n) is 11.1. The summed E-state index contributed by atoms with van der Waals surface area (Å²) in [6, 6.07) is 16.3. The molecule has 2 aliphatic rings. The van der Waals surface area contributed by atoms with Gasteiger partial charge in [0, 0.05) is 32.0 Å². The van der Waals surface area contributed by atoms with Crippen molar-refractivity contribution in [2.45, 2.75) is 24.9 Å². The van der Waals surface area contributed by atoms with Gasteiger partial charge >= 0.3 is 12.1 Å². The van der Waals surface area contributed by atoms with E-state index >= 15 is 0 Å². The van der Waals surface area contributed by atoms with Gasteiger partial charge in [0.05, 0.1) is 12.5 Å². The number of nitrogens with one attached hydrogen (secondary N) is 2. The Morgan fingerprint density at radius 2 is 1.67 bits per heavy atom. The minimum atomic E-state index is -0.979. The molecular formula is C25H28N2O6. The summed E-state index contributed by atoms with van der Waals surface area (Å²) in [6.45, 7) is 0.749. The van der Waals surface area contributed by atoms with E-state index in [9.17, 15) is 14.4 Å². The van der Waals surface area contributed by atoms with Crippen LogP contribution in [0.3, 0.4) is 0 Å². The van der Waals surface area contributed by atoms with E-state index < -0.39 is 18.2 Å². The third-order valence-corrected chi connectivity index (χ3v) is 6.35. The highest BCUT2D eigenvalue weighted by atomic mass is 16.5. The Morgan fingerprint density at radius 3 is 2.27 bits per heavy atom. The van der Waals surface area contributed by atoms with Crippen molar-refractivity contribution in [2.75, 3.05) is 26.8 Å². The fraction of sp³-hybridized carbons (Fsp3) is 0.400. The zero-order valence-electron chi connectivity index (χ0n) is 18.5. The van der Waals surface area contributed by atoms with Crippen molar-refractivity contribution in [3.63, 3.8) is 0 Å². The second-order valence-electron chi connectivity index (χ2n) is 8.51. The predicted molar refractivity (Wildman–Crippen MR) is 121 cm³/mol. The quantitative estimate of drug-likeness (QED) is 0.511. The van der Waals surface area contributed by atoms with E-state index in [-0.39, 0.29) is 43.2 Å². The number of ether oxygens (including phenoxy) is 2. The van der Waals surface area contributed by atoms with Crippen molar-refractivity contribution < 1.29 is 29.0 Å². The third kappa shape index (κ3) is 5.34. The molecule has 1 fully saturated rings. The molecule has 8 heteroatoms. The fourth-order valence-electron chi connectivity index (χ4n) is 4.44. The molecule has 0 heterocycles. The lowest BCUT2D eigenvalue weighted by atomic mass is 9.98. The maximum absolute atomic E-state index is 12.3. The normalized spacial score (nSPS) is 19.2. The second kappa shape index (κ2) is 10.0. The van der Waals surface area contributed by atoms with Gasteiger partial charge in [0.15, 0.2) is 0 Å². The van der Waals surface area contributed by atoms with Crippen LogP contribution in [0, 0.1) is 11.8 Å². The van der Waals surface area contributed by atoms with Gasteiger partial charge in [-0.3, -0.25) is 9.59 Å². The molecule has 0 aromatic heterocycles. The molecule has 174 valence electrons. The van der Waals surface area contributed by atoms with E-state index in [1.807, 2.05) is 24.3 Å². The second-order valence-corrected chi connectivity index (χ2v) is 8.51. The molecule has 1 unspecified atom stereocenters. The SMILES string of the molecule is COC(CNC(=O)[C@H]1C[C@H]1CNC(=O)OCC1c2ccccc2-c2ccccc21)CC(=O)O.